The van der Waals surface area contributed by atoms with E-state index in [2.05, 4.69) is 4.98 Å². The van der Waals surface area contributed by atoms with Gasteiger partial charge in [0.2, 0.25) is 5.88 Å². The van der Waals surface area contributed by atoms with Gasteiger partial charge in [0, 0.05) is 12.4 Å². The minimum Gasteiger partial charge on any atom is -0.504 e. The number of nitrogens with zero attached hydrogens (tertiary/aromatic N) is 2. The maximum atomic E-state index is 9.64. The third kappa shape index (κ3) is 1.69. The fourth-order valence-corrected chi connectivity index (χ4v) is 1.66. The maximum Gasteiger partial charge on any atom is 0.205 e. The molecule has 0 radical (unpaired) electrons. The van der Waals surface area contributed by atoms with Gasteiger partial charge in [0.15, 0.2) is 11.5 Å². The Bertz CT molecular complexity index is 661. The molecule has 0 aliphatic carbocycles. The number of hydrogen-bond acceptors (Lipinski definition) is 3. The van der Waals surface area contributed by atoms with Gasteiger partial charge in [0.05, 0.1) is 0 Å². The van der Waals surface area contributed by atoms with E-state index in [4.69, 9.17) is 4.74 Å². The predicted octanol–water partition coefficient (Wildman–Crippen LogP) is 2.83. The lowest BCUT2D eigenvalue weighted by Crippen LogP contribution is -1.92. The molecule has 4 heteroatoms. The van der Waals surface area contributed by atoms with Crippen molar-refractivity contribution in [2.45, 2.75) is 0 Å². The first kappa shape index (κ1) is 9.72. The van der Waals surface area contributed by atoms with Crippen molar-refractivity contribution in [2.24, 2.45) is 0 Å². The average molecular weight is 226 g/mol. The van der Waals surface area contributed by atoms with E-state index in [0.717, 1.165) is 5.65 Å². The van der Waals surface area contributed by atoms with Crippen molar-refractivity contribution >= 4 is 5.65 Å². The first-order valence-electron chi connectivity index (χ1n) is 5.22. The largest absolute Gasteiger partial charge is 0.504 e. The zero-order chi connectivity index (χ0) is 11.7. The number of aromatic hydroxyl groups is 1. The van der Waals surface area contributed by atoms with E-state index in [1.54, 1.807) is 24.4 Å². The number of phenolic OH excluding ortho intramolecular Hbond substituents is 1. The number of aromatic nitrogens is 2. The van der Waals surface area contributed by atoms with Gasteiger partial charge in [-0.2, -0.15) is 0 Å². The van der Waals surface area contributed by atoms with Crippen LogP contribution in [0.2, 0.25) is 0 Å². The van der Waals surface area contributed by atoms with E-state index in [1.165, 1.54) is 0 Å². The highest BCUT2D eigenvalue weighted by atomic mass is 16.5. The van der Waals surface area contributed by atoms with Crippen LogP contribution in [0.15, 0.2) is 54.9 Å². The molecular formula is C13H10N2O2. The van der Waals surface area contributed by atoms with Crippen LogP contribution in [-0.2, 0) is 0 Å². The molecule has 2 aromatic heterocycles. The van der Waals surface area contributed by atoms with Crippen molar-refractivity contribution in [3.63, 3.8) is 0 Å². The maximum absolute atomic E-state index is 9.64. The first-order chi connectivity index (χ1) is 8.34. The minimum atomic E-state index is 0.115. The summed E-state index contributed by atoms with van der Waals surface area (Å²) in [6.07, 6.45) is 3.51. The smallest absolute Gasteiger partial charge is 0.205 e. The predicted molar refractivity (Wildman–Crippen MR) is 63.4 cm³/mol. The van der Waals surface area contributed by atoms with Crippen LogP contribution in [-0.4, -0.2) is 14.5 Å². The fraction of sp³-hybridized carbons (Fsp3) is 0. The van der Waals surface area contributed by atoms with Crippen LogP contribution in [0.25, 0.3) is 5.65 Å². The molecule has 0 fully saturated rings. The minimum absolute atomic E-state index is 0.115. The summed E-state index contributed by atoms with van der Waals surface area (Å²) in [4.78, 5) is 4.16. The second-order valence-corrected chi connectivity index (χ2v) is 3.59. The molecule has 1 N–H and O–H groups in total. The normalized spacial score (nSPS) is 10.6. The van der Waals surface area contributed by atoms with Crippen molar-refractivity contribution in [3.8, 4) is 17.4 Å². The molecule has 0 saturated carbocycles. The molecular weight excluding hydrogens is 216 g/mol. The second kappa shape index (κ2) is 3.83. The van der Waals surface area contributed by atoms with Crippen LogP contribution < -0.4 is 4.74 Å². The van der Waals surface area contributed by atoms with Gasteiger partial charge in [0.1, 0.15) is 5.65 Å². The third-order valence-corrected chi connectivity index (χ3v) is 2.47. The number of imidazole rings is 1. The Morgan fingerprint density at radius 2 is 1.94 bits per heavy atom. The van der Waals surface area contributed by atoms with Crippen LogP contribution in [0, 0.1) is 0 Å². The topological polar surface area (TPSA) is 46.8 Å². The summed E-state index contributed by atoms with van der Waals surface area (Å²) in [5.41, 5.74) is 0.804. The van der Waals surface area contributed by atoms with E-state index < -0.39 is 0 Å². The number of pyridine rings is 1. The van der Waals surface area contributed by atoms with Crippen molar-refractivity contribution in [1.82, 2.24) is 9.38 Å². The van der Waals surface area contributed by atoms with Gasteiger partial charge in [-0.05, 0) is 24.3 Å². The summed E-state index contributed by atoms with van der Waals surface area (Å²) in [6, 6.07) is 12.4. The molecule has 17 heavy (non-hydrogen) atoms. The van der Waals surface area contributed by atoms with Crippen LogP contribution in [0.5, 0.6) is 17.4 Å². The SMILES string of the molecule is Oc1ccccc1Oc1cccc2nccn12. The van der Waals surface area contributed by atoms with Gasteiger partial charge < -0.3 is 9.84 Å². The summed E-state index contributed by atoms with van der Waals surface area (Å²) in [7, 11) is 0. The van der Waals surface area contributed by atoms with E-state index in [9.17, 15) is 5.11 Å². The average Bonchev–Trinajstić information content (AvgIpc) is 2.81. The summed E-state index contributed by atoms with van der Waals surface area (Å²) in [5, 5.41) is 9.64. The number of rotatable bonds is 2. The molecule has 4 nitrogen and oxygen atoms in total. The number of para-hydroxylation sites is 2. The Hall–Kier alpha value is -2.49. The first-order valence-corrected chi connectivity index (χ1v) is 5.22. The van der Waals surface area contributed by atoms with Crippen LogP contribution in [0.1, 0.15) is 0 Å². The molecule has 0 saturated heterocycles. The molecule has 1 aromatic carbocycles. The summed E-state index contributed by atoms with van der Waals surface area (Å²) in [6.45, 7) is 0. The Balaban J connectivity index is 2.06. The van der Waals surface area contributed by atoms with Crippen LogP contribution >= 0.6 is 0 Å². The summed E-state index contributed by atoms with van der Waals surface area (Å²) < 4.78 is 7.47. The number of benzene rings is 1. The van der Waals surface area contributed by atoms with Gasteiger partial charge in [-0.15, -0.1) is 0 Å². The van der Waals surface area contributed by atoms with E-state index >= 15 is 0 Å². The fourth-order valence-electron chi connectivity index (χ4n) is 1.66. The summed E-state index contributed by atoms with van der Waals surface area (Å²) in [5.74, 6) is 1.15. The van der Waals surface area contributed by atoms with Gasteiger partial charge in [-0.3, -0.25) is 4.40 Å². The zero-order valence-corrected chi connectivity index (χ0v) is 8.95. The van der Waals surface area contributed by atoms with Gasteiger partial charge in [-0.25, -0.2) is 4.98 Å². The lowest BCUT2D eigenvalue weighted by molar-refractivity contribution is 0.399. The third-order valence-electron chi connectivity index (χ3n) is 2.47. The molecule has 0 unspecified atom stereocenters. The Morgan fingerprint density at radius 3 is 2.82 bits per heavy atom. The number of fused-ring (bicyclic) bond motifs is 1. The Morgan fingerprint density at radius 1 is 1.06 bits per heavy atom. The van der Waals surface area contributed by atoms with Gasteiger partial charge in [0.25, 0.3) is 0 Å². The number of phenols is 1. The number of hydrogen-bond donors (Lipinski definition) is 1. The quantitative estimate of drug-likeness (QED) is 0.730. The monoisotopic (exact) mass is 226 g/mol. The van der Waals surface area contributed by atoms with Crippen molar-refractivity contribution in [3.05, 3.63) is 54.9 Å². The van der Waals surface area contributed by atoms with Crippen LogP contribution in [0.4, 0.5) is 0 Å². The molecule has 0 aliphatic heterocycles. The standard InChI is InChI=1S/C13H10N2O2/c16-10-4-1-2-5-11(10)17-13-7-3-6-12-14-8-9-15(12)13/h1-9,16H. The van der Waals surface area contributed by atoms with Gasteiger partial charge >= 0.3 is 0 Å². The van der Waals surface area contributed by atoms with E-state index in [-0.39, 0.29) is 5.75 Å². The molecule has 0 spiro atoms. The van der Waals surface area contributed by atoms with E-state index in [1.807, 2.05) is 34.9 Å². The zero-order valence-electron chi connectivity index (χ0n) is 8.95. The lowest BCUT2D eigenvalue weighted by Gasteiger charge is -2.08. The van der Waals surface area contributed by atoms with Crippen molar-refractivity contribution < 1.29 is 9.84 Å². The highest BCUT2D eigenvalue weighted by Gasteiger charge is 2.05. The van der Waals surface area contributed by atoms with Gasteiger partial charge in [-0.1, -0.05) is 18.2 Å². The Labute approximate surface area is 97.7 Å². The molecule has 3 aromatic rings. The molecule has 84 valence electrons. The molecule has 3 rings (SSSR count). The molecule has 0 atom stereocenters. The van der Waals surface area contributed by atoms with Crippen molar-refractivity contribution in [2.75, 3.05) is 0 Å². The second-order valence-electron chi connectivity index (χ2n) is 3.59. The molecule has 0 aliphatic rings. The summed E-state index contributed by atoms with van der Waals surface area (Å²) >= 11 is 0. The van der Waals surface area contributed by atoms with E-state index in [0.29, 0.717) is 11.6 Å². The molecule has 0 amide bonds. The van der Waals surface area contributed by atoms with Crippen molar-refractivity contribution in [1.29, 1.82) is 0 Å². The highest BCUT2D eigenvalue weighted by Crippen LogP contribution is 2.29. The van der Waals surface area contributed by atoms with Crippen LogP contribution in [0.3, 0.4) is 0 Å². The lowest BCUT2D eigenvalue weighted by atomic mass is 10.3. The highest BCUT2D eigenvalue weighted by molar-refractivity contribution is 5.45. The molecule has 2 heterocycles. The number of ether oxygens (including phenoxy) is 1. The molecule has 0 bridgehead atoms. The Kier molecular flexibility index (Phi) is 2.19.